The third-order valence-electron chi connectivity index (χ3n) is 3.75. The number of amides is 2. The van der Waals surface area contributed by atoms with E-state index in [0.717, 1.165) is 10.6 Å². The molecule has 26 heavy (non-hydrogen) atoms. The molecule has 2 amide bonds. The van der Waals surface area contributed by atoms with Gasteiger partial charge < -0.3 is 20.1 Å². The number of methoxy groups -OCH3 is 1. The number of carbonyl (C=O) groups excluding carboxylic acids is 2. The quantitative estimate of drug-likeness (QED) is 0.730. The summed E-state index contributed by atoms with van der Waals surface area (Å²) in [7, 11) is 1.61. The van der Waals surface area contributed by atoms with Gasteiger partial charge in [0.25, 0.3) is 0 Å². The molecule has 0 radical (unpaired) electrons. The van der Waals surface area contributed by atoms with Crippen LogP contribution in [0.4, 0.5) is 11.4 Å². The van der Waals surface area contributed by atoms with Crippen LogP contribution in [0.25, 0.3) is 0 Å². The smallest absolute Gasteiger partial charge is 0.238 e. The fraction of sp³-hybridized carbons (Fsp3) is 0.263. The minimum absolute atomic E-state index is 0.0968. The first-order valence-electron chi connectivity index (χ1n) is 8.24. The number of rotatable bonds is 7. The van der Waals surface area contributed by atoms with Crippen molar-refractivity contribution in [3.63, 3.8) is 0 Å². The molecule has 0 saturated carbocycles. The minimum atomic E-state index is -0.453. The highest BCUT2D eigenvalue weighted by molar-refractivity contribution is 8.01. The third kappa shape index (κ3) is 4.77. The van der Waals surface area contributed by atoms with Gasteiger partial charge in [0, 0.05) is 30.2 Å². The number of ether oxygens (including phenoxy) is 2. The number of benzene rings is 2. The van der Waals surface area contributed by atoms with Crippen molar-refractivity contribution in [3.05, 3.63) is 48.5 Å². The number of hydrogen-bond acceptors (Lipinski definition) is 5. The molecule has 0 bridgehead atoms. The standard InChI is InChI=1S/C19H20N2O4S/c1-24-9-10-25-14-6-4-5-13(11-14)20-18(22)12-17-19(23)21-15-7-2-3-8-16(15)26-17/h2-8,11,17H,9-10,12H2,1H3,(H,20,22)(H,21,23). The van der Waals surface area contributed by atoms with Crippen molar-refractivity contribution >= 4 is 35.0 Å². The van der Waals surface area contributed by atoms with Gasteiger partial charge in [-0.1, -0.05) is 18.2 Å². The molecule has 3 rings (SSSR count). The second-order valence-corrected chi connectivity index (χ2v) is 6.96. The summed E-state index contributed by atoms with van der Waals surface area (Å²) in [6.07, 6.45) is 0.0968. The maximum atomic E-state index is 12.3. The van der Waals surface area contributed by atoms with E-state index < -0.39 is 5.25 Å². The summed E-state index contributed by atoms with van der Waals surface area (Å²) >= 11 is 1.41. The molecule has 2 aromatic carbocycles. The molecular weight excluding hydrogens is 352 g/mol. The Balaban J connectivity index is 1.57. The molecular formula is C19H20N2O4S. The lowest BCUT2D eigenvalue weighted by Crippen LogP contribution is -2.32. The second kappa shape index (κ2) is 8.73. The maximum Gasteiger partial charge on any atom is 0.238 e. The highest BCUT2D eigenvalue weighted by Crippen LogP contribution is 2.36. The maximum absolute atomic E-state index is 12.3. The van der Waals surface area contributed by atoms with Crippen LogP contribution in [0.3, 0.4) is 0 Å². The van der Waals surface area contributed by atoms with E-state index in [-0.39, 0.29) is 18.2 Å². The van der Waals surface area contributed by atoms with E-state index in [1.807, 2.05) is 30.3 Å². The van der Waals surface area contributed by atoms with E-state index in [4.69, 9.17) is 9.47 Å². The molecule has 0 aromatic heterocycles. The number of hydrogen-bond donors (Lipinski definition) is 2. The van der Waals surface area contributed by atoms with Crippen molar-refractivity contribution in [1.82, 2.24) is 0 Å². The predicted molar refractivity (Wildman–Crippen MR) is 102 cm³/mol. The number of anilines is 2. The van der Waals surface area contributed by atoms with Crippen LogP contribution >= 0.6 is 11.8 Å². The lowest BCUT2D eigenvalue weighted by Gasteiger charge is -2.23. The first kappa shape index (κ1) is 18.3. The lowest BCUT2D eigenvalue weighted by atomic mass is 10.2. The van der Waals surface area contributed by atoms with Gasteiger partial charge in [0.05, 0.1) is 17.5 Å². The molecule has 1 unspecified atom stereocenters. The normalized spacial score (nSPS) is 15.7. The Morgan fingerprint density at radius 1 is 1.19 bits per heavy atom. The molecule has 0 spiro atoms. The van der Waals surface area contributed by atoms with E-state index >= 15 is 0 Å². The second-order valence-electron chi connectivity index (χ2n) is 5.71. The number of thioether (sulfide) groups is 1. The van der Waals surface area contributed by atoms with Gasteiger partial charge in [-0.15, -0.1) is 11.8 Å². The van der Waals surface area contributed by atoms with Gasteiger partial charge in [0.2, 0.25) is 11.8 Å². The van der Waals surface area contributed by atoms with Gasteiger partial charge in [-0.2, -0.15) is 0 Å². The highest BCUT2D eigenvalue weighted by Gasteiger charge is 2.28. The van der Waals surface area contributed by atoms with Crippen molar-refractivity contribution in [2.75, 3.05) is 31.0 Å². The molecule has 1 atom stereocenters. The number of para-hydroxylation sites is 1. The van der Waals surface area contributed by atoms with Crippen LogP contribution in [-0.4, -0.2) is 37.4 Å². The molecule has 136 valence electrons. The molecule has 1 heterocycles. The molecule has 1 aliphatic heterocycles. The molecule has 2 N–H and O–H groups in total. The Hall–Kier alpha value is -2.51. The summed E-state index contributed by atoms with van der Waals surface area (Å²) < 4.78 is 10.5. The number of fused-ring (bicyclic) bond motifs is 1. The molecule has 1 aliphatic rings. The van der Waals surface area contributed by atoms with Crippen molar-refractivity contribution < 1.29 is 19.1 Å². The zero-order chi connectivity index (χ0) is 18.4. The summed E-state index contributed by atoms with van der Waals surface area (Å²) in [6.45, 7) is 0.929. The van der Waals surface area contributed by atoms with Crippen LogP contribution in [0.5, 0.6) is 5.75 Å². The summed E-state index contributed by atoms with van der Waals surface area (Å²) in [5.41, 5.74) is 1.42. The minimum Gasteiger partial charge on any atom is -0.491 e. The fourth-order valence-corrected chi connectivity index (χ4v) is 3.62. The summed E-state index contributed by atoms with van der Waals surface area (Å²) in [5.74, 6) is 0.283. The SMILES string of the molecule is COCCOc1cccc(NC(=O)CC2Sc3ccccc3NC2=O)c1. The molecule has 6 nitrogen and oxygen atoms in total. The zero-order valence-electron chi connectivity index (χ0n) is 14.4. The monoisotopic (exact) mass is 372 g/mol. The summed E-state index contributed by atoms with van der Waals surface area (Å²) in [6, 6.07) is 14.7. The Labute approximate surface area is 156 Å². The number of nitrogens with one attached hydrogen (secondary N) is 2. The van der Waals surface area contributed by atoms with Gasteiger partial charge >= 0.3 is 0 Å². The first-order valence-corrected chi connectivity index (χ1v) is 9.12. The van der Waals surface area contributed by atoms with E-state index in [2.05, 4.69) is 10.6 Å². The van der Waals surface area contributed by atoms with Crippen LogP contribution in [0, 0.1) is 0 Å². The molecule has 0 saturated heterocycles. The van der Waals surface area contributed by atoms with Crippen LogP contribution in [-0.2, 0) is 14.3 Å². The van der Waals surface area contributed by atoms with E-state index in [0.29, 0.717) is 24.7 Å². The van der Waals surface area contributed by atoms with Gasteiger partial charge in [0.1, 0.15) is 12.4 Å². The predicted octanol–water partition coefficient (Wildman–Crippen LogP) is 3.15. The Morgan fingerprint density at radius 2 is 2.04 bits per heavy atom. The Bertz CT molecular complexity index is 797. The van der Waals surface area contributed by atoms with Crippen LogP contribution in [0.2, 0.25) is 0 Å². The van der Waals surface area contributed by atoms with Crippen LogP contribution < -0.4 is 15.4 Å². The van der Waals surface area contributed by atoms with Gasteiger partial charge in [-0.25, -0.2) is 0 Å². The van der Waals surface area contributed by atoms with E-state index in [9.17, 15) is 9.59 Å². The average Bonchev–Trinajstić information content (AvgIpc) is 2.63. The van der Waals surface area contributed by atoms with Crippen molar-refractivity contribution in [3.8, 4) is 5.75 Å². The van der Waals surface area contributed by atoms with Crippen molar-refractivity contribution in [1.29, 1.82) is 0 Å². The molecule has 0 fully saturated rings. The lowest BCUT2D eigenvalue weighted by molar-refractivity contribution is -0.120. The number of carbonyl (C=O) groups is 2. The van der Waals surface area contributed by atoms with Crippen LogP contribution in [0.15, 0.2) is 53.4 Å². The average molecular weight is 372 g/mol. The van der Waals surface area contributed by atoms with Gasteiger partial charge in [0.15, 0.2) is 0 Å². The Morgan fingerprint density at radius 3 is 2.88 bits per heavy atom. The Kier molecular flexibility index (Phi) is 6.14. The highest BCUT2D eigenvalue weighted by atomic mass is 32.2. The molecule has 0 aliphatic carbocycles. The largest absolute Gasteiger partial charge is 0.491 e. The molecule has 7 heteroatoms. The first-order chi connectivity index (χ1) is 12.7. The van der Waals surface area contributed by atoms with Gasteiger partial charge in [-0.05, 0) is 24.3 Å². The molecule has 2 aromatic rings. The summed E-state index contributed by atoms with van der Waals surface area (Å²) in [5, 5.41) is 5.21. The fourth-order valence-electron chi connectivity index (χ4n) is 2.51. The van der Waals surface area contributed by atoms with Crippen molar-refractivity contribution in [2.45, 2.75) is 16.6 Å². The van der Waals surface area contributed by atoms with Crippen molar-refractivity contribution in [2.24, 2.45) is 0 Å². The van der Waals surface area contributed by atoms with E-state index in [1.54, 1.807) is 25.3 Å². The summed E-state index contributed by atoms with van der Waals surface area (Å²) in [4.78, 5) is 25.5. The zero-order valence-corrected chi connectivity index (χ0v) is 15.2. The topological polar surface area (TPSA) is 76.7 Å². The third-order valence-corrected chi connectivity index (χ3v) is 5.03. The van der Waals surface area contributed by atoms with Gasteiger partial charge in [-0.3, -0.25) is 9.59 Å². The van der Waals surface area contributed by atoms with E-state index in [1.165, 1.54) is 11.8 Å². The van der Waals surface area contributed by atoms with Crippen LogP contribution in [0.1, 0.15) is 6.42 Å².